The number of rotatable bonds is 3. The summed E-state index contributed by atoms with van der Waals surface area (Å²) in [5, 5.41) is 5.96. The summed E-state index contributed by atoms with van der Waals surface area (Å²) in [6.07, 6.45) is 4.17. The molecule has 15 heavy (non-hydrogen) atoms. The van der Waals surface area contributed by atoms with Crippen LogP contribution in [0, 0.1) is 0 Å². The lowest BCUT2D eigenvalue weighted by Gasteiger charge is -2.07. The largest absolute Gasteiger partial charge is 0.381 e. The van der Waals surface area contributed by atoms with Gasteiger partial charge in [-0.1, -0.05) is 48.6 Å². The van der Waals surface area contributed by atoms with E-state index in [1.165, 1.54) is 16.5 Å². The van der Waals surface area contributed by atoms with Gasteiger partial charge >= 0.3 is 0 Å². The van der Waals surface area contributed by atoms with Gasteiger partial charge in [0.25, 0.3) is 0 Å². The van der Waals surface area contributed by atoms with Crippen LogP contribution in [0.3, 0.4) is 0 Å². The van der Waals surface area contributed by atoms with E-state index in [0.717, 1.165) is 6.54 Å². The van der Waals surface area contributed by atoms with Crippen molar-refractivity contribution in [3.8, 4) is 0 Å². The Kier molecular flexibility index (Phi) is 3.03. The molecular formula is C14H15N. The fourth-order valence-electron chi connectivity index (χ4n) is 1.67. The molecule has 0 heterocycles. The molecule has 2 aromatic rings. The number of nitrogens with one attached hydrogen (secondary N) is 1. The Hall–Kier alpha value is -1.76. The molecule has 0 radical (unpaired) electrons. The minimum atomic E-state index is 0.879. The Morgan fingerprint density at radius 1 is 1.07 bits per heavy atom. The lowest BCUT2D eigenvalue weighted by Crippen LogP contribution is -1.98. The highest BCUT2D eigenvalue weighted by Gasteiger charge is 1.97. The number of benzene rings is 2. The predicted molar refractivity (Wildman–Crippen MR) is 67.3 cm³/mol. The quantitative estimate of drug-likeness (QED) is 0.737. The first-order valence-corrected chi connectivity index (χ1v) is 5.24. The summed E-state index contributed by atoms with van der Waals surface area (Å²) in [5.41, 5.74) is 1.20. The molecule has 0 amide bonds. The maximum atomic E-state index is 3.40. The van der Waals surface area contributed by atoms with Crippen LogP contribution in [0.4, 0.5) is 5.69 Å². The van der Waals surface area contributed by atoms with Crippen molar-refractivity contribution in [1.82, 2.24) is 0 Å². The molecule has 0 saturated heterocycles. The minimum Gasteiger partial charge on any atom is -0.381 e. The van der Waals surface area contributed by atoms with Crippen molar-refractivity contribution in [3.05, 3.63) is 54.6 Å². The molecule has 0 aliphatic carbocycles. The summed E-state index contributed by atoms with van der Waals surface area (Å²) in [7, 11) is 0. The van der Waals surface area contributed by atoms with E-state index in [1.807, 2.05) is 6.92 Å². The monoisotopic (exact) mass is 197 g/mol. The Labute approximate surface area is 90.4 Å². The molecule has 0 atom stereocenters. The topological polar surface area (TPSA) is 12.0 Å². The molecule has 0 aliphatic rings. The van der Waals surface area contributed by atoms with Crippen molar-refractivity contribution in [2.45, 2.75) is 6.92 Å². The van der Waals surface area contributed by atoms with Crippen LogP contribution in [0.15, 0.2) is 54.6 Å². The van der Waals surface area contributed by atoms with E-state index >= 15 is 0 Å². The van der Waals surface area contributed by atoms with Gasteiger partial charge < -0.3 is 5.32 Å². The summed E-state index contributed by atoms with van der Waals surface area (Å²) in [4.78, 5) is 0. The Balaban J connectivity index is 2.34. The number of allylic oxidation sites excluding steroid dienone is 1. The van der Waals surface area contributed by atoms with E-state index in [0.29, 0.717) is 0 Å². The van der Waals surface area contributed by atoms with E-state index in [1.54, 1.807) is 0 Å². The highest BCUT2D eigenvalue weighted by Crippen LogP contribution is 2.22. The number of hydrogen-bond acceptors (Lipinski definition) is 1. The van der Waals surface area contributed by atoms with E-state index in [4.69, 9.17) is 0 Å². The molecule has 76 valence electrons. The van der Waals surface area contributed by atoms with Gasteiger partial charge in [0.05, 0.1) is 0 Å². The average molecular weight is 197 g/mol. The summed E-state index contributed by atoms with van der Waals surface area (Å²) in [6.45, 7) is 2.91. The van der Waals surface area contributed by atoms with Crippen molar-refractivity contribution < 1.29 is 0 Å². The fourth-order valence-corrected chi connectivity index (χ4v) is 1.67. The summed E-state index contributed by atoms with van der Waals surface area (Å²) in [5.74, 6) is 0. The number of fused-ring (bicyclic) bond motifs is 1. The van der Waals surface area contributed by atoms with Crippen molar-refractivity contribution >= 4 is 16.5 Å². The lowest BCUT2D eigenvalue weighted by molar-refractivity contribution is 1.34. The highest BCUT2D eigenvalue weighted by atomic mass is 14.9. The van der Waals surface area contributed by atoms with Crippen LogP contribution in [0.1, 0.15) is 6.92 Å². The van der Waals surface area contributed by atoms with Crippen molar-refractivity contribution in [1.29, 1.82) is 0 Å². The summed E-state index contributed by atoms with van der Waals surface area (Å²) >= 11 is 0. The minimum absolute atomic E-state index is 0.879. The van der Waals surface area contributed by atoms with Crippen LogP contribution in [0.5, 0.6) is 0 Å². The Morgan fingerprint density at radius 3 is 2.73 bits per heavy atom. The van der Waals surface area contributed by atoms with E-state index in [2.05, 4.69) is 59.9 Å². The molecular weight excluding hydrogens is 182 g/mol. The standard InChI is InChI=1S/C14H15N/c1-2-3-11-15-14-10-6-8-12-7-4-5-9-13(12)14/h2-10,15H,11H2,1H3. The molecule has 1 nitrogen and oxygen atoms in total. The average Bonchev–Trinajstić information content (AvgIpc) is 2.30. The fraction of sp³-hybridized carbons (Fsp3) is 0.143. The molecule has 0 unspecified atom stereocenters. The Bertz CT molecular complexity index is 466. The summed E-state index contributed by atoms with van der Waals surface area (Å²) < 4.78 is 0. The second-order valence-electron chi connectivity index (χ2n) is 3.48. The van der Waals surface area contributed by atoms with Crippen molar-refractivity contribution in [3.63, 3.8) is 0 Å². The third-order valence-electron chi connectivity index (χ3n) is 2.44. The van der Waals surface area contributed by atoms with Gasteiger partial charge in [0.15, 0.2) is 0 Å². The van der Waals surface area contributed by atoms with Crippen LogP contribution in [0.25, 0.3) is 10.8 Å². The normalized spacial score (nSPS) is 11.0. The molecule has 2 aromatic carbocycles. The van der Waals surface area contributed by atoms with Gasteiger partial charge in [-0.3, -0.25) is 0 Å². The van der Waals surface area contributed by atoms with Crippen LogP contribution in [-0.2, 0) is 0 Å². The predicted octanol–water partition coefficient (Wildman–Crippen LogP) is 3.83. The van der Waals surface area contributed by atoms with Gasteiger partial charge in [-0.05, 0) is 18.4 Å². The molecule has 2 rings (SSSR count). The molecule has 0 fully saturated rings. The van der Waals surface area contributed by atoms with Gasteiger partial charge in [-0.25, -0.2) is 0 Å². The SMILES string of the molecule is CC=CCNc1cccc2ccccc12. The third-order valence-corrected chi connectivity index (χ3v) is 2.44. The molecule has 0 aromatic heterocycles. The zero-order chi connectivity index (χ0) is 10.5. The van der Waals surface area contributed by atoms with E-state index in [-0.39, 0.29) is 0 Å². The van der Waals surface area contributed by atoms with Crippen molar-refractivity contribution in [2.75, 3.05) is 11.9 Å². The number of anilines is 1. The van der Waals surface area contributed by atoms with E-state index < -0.39 is 0 Å². The zero-order valence-corrected chi connectivity index (χ0v) is 8.90. The second kappa shape index (κ2) is 4.65. The van der Waals surface area contributed by atoms with E-state index in [9.17, 15) is 0 Å². The maximum absolute atomic E-state index is 3.40. The molecule has 0 saturated carbocycles. The molecule has 1 N–H and O–H groups in total. The Morgan fingerprint density at radius 2 is 1.87 bits per heavy atom. The number of hydrogen-bond donors (Lipinski definition) is 1. The molecule has 0 bridgehead atoms. The lowest BCUT2D eigenvalue weighted by atomic mass is 10.1. The van der Waals surface area contributed by atoms with Gasteiger partial charge in [0.1, 0.15) is 0 Å². The van der Waals surface area contributed by atoms with Crippen LogP contribution >= 0.6 is 0 Å². The smallest absolute Gasteiger partial charge is 0.0422 e. The molecule has 1 heteroatoms. The van der Waals surface area contributed by atoms with Crippen molar-refractivity contribution in [2.24, 2.45) is 0 Å². The van der Waals surface area contributed by atoms with Gasteiger partial charge in [0, 0.05) is 17.6 Å². The first-order chi connectivity index (χ1) is 7.42. The van der Waals surface area contributed by atoms with Crippen LogP contribution < -0.4 is 5.32 Å². The van der Waals surface area contributed by atoms with Gasteiger partial charge in [0.2, 0.25) is 0 Å². The highest BCUT2D eigenvalue weighted by molar-refractivity contribution is 5.93. The molecule has 0 aliphatic heterocycles. The first kappa shape index (κ1) is 9.78. The van der Waals surface area contributed by atoms with Gasteiger partial charge in [-0.15, -0.1) is 0 Å². The second-order valence-corrected chi connectivity index (χ2v) is 3.48. The van der Waals surface area contributed by atoms with Gasteiger partial charge in [-0.2, -0.15) is 0 Å². The maximum Gasteiger partial charge on any atom is 0.0422 e. The summed E-state index contributed by atoms with van der Waals surface area (Å²) in [6, 6.07) is 14.8. The zero-order valence-electron chi connectivity index (χ0n) is 8.90. The third kappa shape index (κ3) is 2.18. The first-order valence-electron chi connectivity index (χ1n) is 5.24. The van der Waals surface area contributed by atoms with Crippen LogP contribution in [0.2, 0.25) is 0 Å². The molecule has 0 spiro atoms. The van der Waals surface area contributed by atoms with Crippen LogP contribution in [-0.4, -0.2) is 6.54 Å².